The van der Waals surface area contributed by atoms with E-state index in [0.29, 0.717) is 11.1 Å². The first kappa shape index (κ1) is 9.94. The quantitative estimate of drug-likeness (QED) is 0.545. The summed E-state index contributed by atoms with van der Waals surface area (Å²) in [6.45, 7) is 6.69. The number of benzene rings is 1. The largest absolute Gasteiger partial charge is 0.370 e. The minimum atomic E-state index is 0.430. The van der Waals surface area contributed by atoms with Crippen LogP contribution in [0.3, 0.4) is 0 Å². The van der Waals surface area contributed by atoms with E-state index in [0.717, 1.165) is 13.1 Å². The van der Waals surface area contributed by atoms with E-state index in [1.165, 1.54) is 11.8 Å². The van der Waals surface area contributed by atoms with Gasteiger partial charge in [-0.2, -0.15) is 4.99 Å². The van der Waals surface area contributed by atoms with Crippen molar-refractivity contribution in [1.29, 1.82) is 0 Å². The van der Waals surface area contributed by atoms with Gasteiger partial charge < -0.3 is 4.90 Å². The Balaban J connectivity index is 2.09. The summed E-state index contributed by atoms with van der Waals surface area (Å²) < 4.78 is 0. The fraction of sp³-hybridized carbons (Fsp3) is 0.417. The Kier molecular flexibility index (Phi) is 2.33. The Morgan fingerprint density at radius 1 is 1.27 bits per heavy atom. The maximum Gasteiger partial charge on any atom is 0.240 e. The van der Waals surface area contributed by atoms with E-state index >= 15 is 0 Å². The van der Waals surface area contributed by atoms with Gasteiger partial charge >= 0.3 is 0 Å². The zero-order valence-corrected chi connectivity index (χ0v) is 9.03. The molecule has 78 valence electrons. The first-order valence-corrected chi connectivity index (χ1v) is 5.04. The highest BCUT2D eigenvalue weighted by atomic mass is 16.1. The molecule has 1 aliphatic rings. The van der Waals surface area contributed by atoms with Crippen LogP contribution in [0.5, 0.6) is 0 Å². The molecule has 0 atom stereocenters. The Hall–Kier alpha value is -1.60. The van der Waals surface area contributed by atoms with Crippen LogP contribution in [0.25, 0.3) is 0 Å². The number of aliphatic imine (C=N–C) groups is 1. The van der Waals surface area contributed by atoms with Crippen molar-refractivity contribution in [2.24, 2.45) is 10.4 Å². The van der Waals surface area contributed by atoms with Crippen LogP contribution < -0.4 is 4.90 Å². The molecule has 0 saturated carbocycles. The van der Waals surface area contributed by atoms with Crippen molar-refractivity contribution in [3.05, 3.63) is 24.3 Å². The van der Waals surface area contributed by atoms with E-state index in [4.69, 9.17) is 0 Å². The molecule has 15 heavy (non-hydrogen) atoms. The van der Waals surface area contributed by atoms with Gasteiger partial charge in [0.05, 0.1) is 5.69 Å². The van der Waals surface area contributed by atoms with E-state index in [1.54, 1.807) is 0 Å². The number of rotatable bonds is 2. The second kappa shape index (κ2) is 3.52. The zero-order valence-electron chi connectivity index (χ0n) is 9.03. The molecule has 0 bridgehead atoms. The molecular weight excluding hydrogens is 188 g/mol. The standard InChI is InChI=1S/C12H14N2O/c1-12(2)7-14(8-12)11-5-3-10(4-6-11)13-9-15/h3-6H,7-8H2,1-2H3. The maximum atomic E-state index is 10.0. The topological polar surface area (TPSA) is 32.7 Å². The van der Waals surface area contributed by atoms with Crippen LogP contribution in [0.15, 0.2) is 29.3 Å². The molecule has 2 rings (SSSR count). The molecule has 1 fully saturated rings. The summed E-state index contributed by atoms with van der Waals surface area (Å²) in [5.41, 5.74) is 2.28. The van der Waals surface area contributed by atoms with Crippen LogP contribution in [0.4, 0.5) is 11.4 Å². The van der Waals surface area contributed by atoms with Crippen LogP contribution in [0.2, 0.25) is 0 Å². The lowest BCUT2D eigenvalue weighted by Gasteiger charge is -2.47. The van der Waals surface area contributed by atoms with Gasteiger partial charge in [-0.15, -0.1) is 0 Å². The smallest absolute Gasteiger partial charge is 0.240 e. The predicted octanol–water partition coefficient (Wildman–Crippen LogP) is 2.50. The molecule has 1 heterocycles. The minimum Gasteiger partial charge on any atom is -0.370 e. The van der Waals surface area contributed by atoms with Crippen LogP contribution in [-0.2, 0) is 4.79 Å². The minimum absolute atomic E-state index is 0.430. The molecule has 0 radical (unpaired) electrons. The molecule has 0 aliphatic carbocycles. The van der Waals surface area contributed by atoms with Crippen molar-refractivity contribution in [3.63, 3.8) is 0 Å². The third kappa shape index (κ3) is 2.08. The zero-order chi connectivity index (χ0) is 10.9. The monoisotopic (exact) mass is 202 g/mol. The van der Waals surface area contributed by atoms with Crippen molar-refractivity contribution >= 4 is 17.5 Å². The highest BCUT2D eigenvalue weighted by Gasteiger charge is 2.33. The van der Waals surface area contributed by atoms with Gasteiger partial charge in [0.25, 0.3) is 0 Å². The van der Waals surface area contributed by atoms with E-state index in [1.807, 2.05) is 24.3 Å². The van der Waals surface area contributed by atoms with Gasteiger partial charge in [0.2, 0.25) is 6.08 Å². The second-order valence-electron chi connectivity index (χ2n) is 4.74. The van der Waals surface area contributed by atoms with Crippen LogP contribution in [-0.4, -0.2) is 19.2 Å². The van der Waals surface area contributed by atoms with Crippen molar-refractivity contribution in [2.45, 2.75) is 13.8 Å². The molecular formula is C12H14N2O. The van der Waals surface area contributed by atoms with Crippen LogP contribution >= 0.6 is 0 Å². The van der Waals surface area contributed by atoms with Crippen LogP contribution in [0.1, 0.15) is 13.8 Å². The Morgan fingerprint density at radius 3 is 2.33 bits per heavy atom. The summed E-state index contributed by atoms with van der Waals surface area (Å²) in [7, 11) is 0. The Labute approximate surface area is 89.4 Å². The normalized spacial score (nSPS) is 17.9. The third-order valence-corrected chi connectivity index (χ3v) is 2.63. The lowest BCUT2D eigenvalue weighted by atomic mass is 9.84. The molecule has 0 spiro atoms. The molecule has 1 aromatic rings. The summed E-state index contributed by atoms with van der Waals surface area (Å²) in [5.74, 6) is 0. The van der Waals surface area contributed by atoms with Gasteiger partial charge in [-0.1, -0.05) is 13.8 Å². The molecule has 1 aliphatic heterocycles. The molecule has 0 N–H and O–H groups in total. The SMILES string of the molecule is CC1(C)CN(c2ccc(N=C=O)cc2)C1. The molecule has 3 heteroatoms. The lowest BCUT2D eigenvalue weighted by molar-refractivity contribution is 0.276. The number of hydrogen-bond acceptors (Lipinski definition) is 3. The van der Waals surface area contributed by atoms with Gasteiger partial charge in [-0.05, 0) is 29.7 Å². The lowest BCUT2D eigenvalue weighted by Crippen LogP contribution is -2.53. The number of anilines is 1. The van der Waals surface area contributed by atoms with Crippen molar-refractivity contribution in [3.8, 4) is 0 Å². The summed E-state index contributed by atoms with van der Waals surface area (Å²) in [5, 5.41) is 0. The number of nitrogens with zero attached hydrogens (tertiary/aromatic N) is 2. The second-order valence-corrected chi connectivity index (χ2v) is 4.74. The summed E-state index contributed by atoms with van der Waals surface area (Å²) in [6.07, 6.45) is 1.54. The average Bonchev–Trinajstić information content (AvgIpc) is 2.16. The number of carbonyl (C=O) groups excluding carboxylic acids is 1. The van der Waals surface area contributed by atoms with E-state index in [2.05, 4.69) is 23.7 Å². The molecule has 0 aromatic heterocycles. The molecule has 3 nitrogen and oxygen atoms in total. The first-order valence-electron chi connectivity index (χ1n) is 5.04. The Bertz CT molecular complexity index is 394. The predicted molar refractivity (Wildman–Crippen MR) is 60.2 cm³/mol. The first-order chi connectivity index (χ1) is 7.11. The van der Waals surface area contributed by atoms with E-state index in [9.17, 15) is 4.79 Å². The summed E-state index contributed by atoms with van der Waals surface area (Å²) in [4.78, 5) is 15.9. The number of hydrogen-bond donors (Lipinski definition) is 0. The van der Waals surface area contributed by atoms with Crippen molar-refractivity contribution in [2.75, 3.05) is 18.0 Å². The van der Waals surface area contributed by atoms with Crippen LogP contribution in [0, 0.1) is 5.41 Å². The fourth-order valence-electron chi connectivity index (χ4n) is 1.96. The number of isocyanates is 1. The van der Waals surface area contributed by atoms with Gasteiger partial charge in [0.15, 0.2) is 0 Å². The Morgan fingerprint density at radius 2 is 1.87 bits per heavy atom. The molecule has 1 aromatic carbocycles. The van der Waals surface area contributed by atoms with Crippen molar-refractivity contribution < 1.29 is 4.79 Å². The van der Waals surface area contributed by atoms with Gasteiger partial charge in [0, 0.05) is 18.8 Å². The van der Waals surface area contributed by atoms with E-state index in [-0.39, 0.29) is 0 Å². The maximum absolute atomic E-state index is 10.0. The molecule has 0 amide bonds. The van der Waals surface area contributed by atoms with Crippen molar-refractivity contribution in [1.82, 2.24) is 0 Å². The van der Waals surface area contributed by atoms with E-state index < -0.39 is 0 Å². The highest BCUT2D eigenvalue weighted by Crippen LogP contribution is 2.33. The fourth-order valence-corrected chi connectivity index (χ4v) is 1.96. The van der Waals surface area contributed by atoms with Gasteiger partial charge in [-0.3, -0.25) is 0 Å². The van der Waals surface area contributed by atoms with Gasteiger partial charge in [0.1, 0.15) is 0 Å². The summed E-state index contributed by atoms with van der Waals surface area (Å²) in [6, 6.07) is 7.66. The highest BCUT2D eigenvalue weighted by molar-refractivity contribution is 5.57. The molecule has 1 saturated heterocycles. The summed E-state index contributed by atoms with van der Waals surface area (Å²) >= 11 is 0. The molecule has 0 unspecified atom stereocenters. The third-order valence-electron chi connectivity index (χ3n) is 2.63. The van der Waals surface area contributed by atoms with Gasteiger partial charge in [-0.25, -0.2) is 4.79 Å². The average molecular weight is 202 g/mol.